The molecule has 0 radical (unpaired) electrons. The largest absolute Gasteiger partial charge is 0.497 e. The minimum Gasteiger partial charge on any atom is -0.497 e. The van der Waals surface area contributed by atoms with E-state index in [1.54, 1.807) is 7.11 Å². The van der Waals surface area contributed by atoms with Crippen molar-refractivity contribution < 1.29 is 9.53 Å². The van der Waals surface area contributed by atoms with E-state index in [1.807, 2.05) is 55.5 Å². The summed E-state index contributed by atoms with van der Waals surface area (Å²) in [4.78, 5) is 11.6. The van der Waals surface area contributed by atoms with E-state index in [1.165, 1.54) is 0 Å². The van der Waals surface area contributed by atoms with Gasteiger partial charge in [0, 0.05) is 5.02 Å². The molecule has 0 saturated carbocycles. The van der Waals surface area contributed by atoms with Gasteiger partial charge < -0.3 is 9.53 Å². The van der Waals surface area contributed by atoms with Gasteiger partial charge in [-0.05, 0) is 48.7 Å². The highest BCUT2D eigenvalue weighted by Gasteiger charge is 2.27. The Morgan fingerprint density at radius 1 is 1.20 bits per heavy atom. The molecule has 1 atom stereocenters. The van der Waals surface area contributed by atoms with Crippen LogP contribution in [0.4, 0.5) is 0 Å². The monoisotopic (exact) mass is 288 g/mol. The molecule has 1 unspecified atom stereocenters. The van der Waals surface area contributed by atoms with Crippen LogP contribution in [0.3, 0.4) is 0 Å². The summed E-state index contributed by atoms with van der Waals surface area (Å²) in [5.41, 5.74) is 1.38. The molecule has 2 nitrogen and oxygen atoms in total. The van der Waals surface area contributed by atoms with E-state index >= 15 is 0 Å². The van der Waals surface area contributed by atoms with Crippen LogP contribution in [0.25, 0.3) is 0 Å². The molecule has 0 aromatic heterocycles. The van der Waals surface area contributed by atoms with Gasteiger partial charge in [0.25, 0.3) is 0 Å². The minimum absolute atomic E-state index is 0.598. The molecular formula is C17H17ClO2. The lowest BCUT2D eigenvalue weighted by molar-refractivity contribution is -0.112. The molecule has 0 heterocycles. The van der Waals surface area contributed by atoms with Gasteiger partial charge in [0.15, 0.2) is 0 Å². The first kappa shape index (κ1) is 14.6. The van der Waals surface area contributed by atoms with Gasteiger partial charge in [0.2, 0.25) is 0 Å². The van der Waals surface area contributed by atoms with Gasteiger partial charge in [-0.3, -0.25) is 0 Å². The topological polar surface area (TPSA) is 26.3 Å². The second-order valence-corrected chi connectivity index (χ2v) is 5.51. The highest BCUT2D eigenvalue weighted by atomic mass is 35.5. The van der Waals surface area contributed by atoms with E-state index in [4.69, 9.17) is 16.3 Å². The standard InChI is InChI=1S/C17H17ClO2/c1-17(12-19,11-13-5-3-7-15(18)9-13)14-6-4-8-16(10-14)20-2/h3-10,12H,11H2,1-2H3. The van der Waals surface area contributed by atoms with Gasteiger partial charge in [0.05, 0.1) is 12.5 Å². The lowest BCUT2D eigenvalue weighted by Gasteiger charge is -2.24. The maximum absolute atomic E-state index is 11.6. The molecule has 3 heteroatoms. The van der Waals surface area contributed by atoms with E-state index in [9.17, 15) is 4.79 Å². The fourth-order valence-electron chi connectivity index (χ4n) is 2.26. The first-order chi connectivity index (χ1) is 9.57. The molecular weight excluding hydrogens is 272 g/mol. The van der Waals surface area contributed by atoms with Crippen molar-refractivity contribution in [3.05, 3.63) is 64.7 Å². The first-order valence-electron chi connectivity index (χ1n) is 6.43. The Labute approximate surface area is 124 Å². The van der Waals surface area contributed by atoms with Crippen LogP contribution >= 0.6 is 11.6 Å². The third-order valence-electron chi connectivity index (χ3n) is 3.45. The number of hydrogen-bond acceptors (Lipinski definition) is 2. The highest BCUT2D eigenvalue weighted by Crippen LogP contribution is 2.29. The maximum atomic E-state index is 11.6. The Balaban J connectivity index is 2.35. The number of benzene rings is 2. The Morgan fingerprint density at radius 3 is 2.60 bits per heavy atom. The number of halogens is 1. The normalized spacial score (nSPS) is 13.6. The molecule has 0 bridgehead atoms. The van der Waals surface area contributed by atoms with E-state index in [0.717, 1.165) is 23.2 Å². The van der Waals surface area contributed by atoms with Crippen molar-refractivity contribution >= 4 is 17.9 Å². The quantitative estimate of drug-likeness (QED) is 0.776. The summed E-state index contributed by atoms with van der Waals surface area (Å²) < 4.78 is 5.23. The van der Waals surface area contributed by atoms with E-state index < -0.39 is 5.41 Å². The lowest BCUT2D eigenvalue weighted by Crippen LogP contribution is -2.26. The van der Waals surface area contributed by atoms with Crippen LogP contribution < -0.4 is 4.74 Å². The summed E-state index contributed by atoms with van der Waals surface area (Å²) in [6, 6.07) is 15.2. The smallest absolute Gasteiger partial charge is 0.130 e. The number of methoxy groups -OCH3 is 1. The Hall–Kier alpha value is -1.80. The predicted octanol–water partition coefficient (Wildman–Crippen LogP) is 4.05. The van der Waals surface area contributed by atoms with Crippen molar-refractivity contribution in [2.75, 3.05) is 7.11 Å². The molecule has 0 aliphatic carbocycles. The summed E-state index contributed by atoms with van der Waals surface area (Å²) in [7, 11) is 1.62. The van der Waals surface area contributed by atoms with Crippen molar-refractivity contribution in [2.45, 2.75) is 18.8 Å². The molecule has 0 N–H and O–H groups in total. The van der Waals surface area contributed by atoms with Crippen LogP contribution in [0.15, 0.2) is 48.5 Å². The van der Waals surface area contributed by atoms with Crippen LogP contribution in [0.1, 0.15) is 18.1 Å². The van der Waals surface area contributed by atoms with Gasteiger partial charge in [0.1, 0.15) is 12.0 Å². The Morgan fingerprint density at radius 2 is 1.95 bits per heavy atom. The van der Waals surface area contributed by atoms with Crippen LogP contribution in [0.5, 0.6) is 5.75 Å². The van der Waals surface area contributed by atoms with Gasteiger partial charge in [-0.2, -0.15) is 0 Å². The van der Waals surface area contributed by atoms with Crippen LogP contribution in [0, 0.1) is 0 Å². The fraction of sp³-hybridized carbons (Fsp3) is 0.235. The molecule has 0 amide bonds. The summed E-state index contributed by atoms with van der Waals surface area (Å²) in [6.07, 6.45) is 1.59. The van der Waals surface area contributed by atoms with Gasteiger partial charge in [-0.15, -0.1) is 0 Å². The fourth-order valence-corrected chi connectivity index (χ4v) is 2.47. The number of carbonyl (C=O) groups excluding carboxylic acids is 1. The second-order valence-electron chi connectivity index (χ2n) is 5.07. The van der Waals surface area contributed by atoms with Crippen molar-refractivity contribution in [2.24, 2.45) is 0 Å². The predicted molar refractivity (Wildman–Crippen MR) is 81.6 cm³/mol. The number of hydrogen-bond donors (Lipinski definition) is 0. The third-order valence-corrected chi connectivity index (χ3v) is 3.68. The SMILES string of the molecule is COc1cccc(C(C)(C=O)Cc2cccc(Cl)c2)c1. The van der Waals surface area contributed by atoms with Crippen molar-refractivity contribution in [1.29, 1.82) is 0 Å². The van der Waals surface area contributed by atoms with E-state index in [-0.39, 0.29) is 0 Å². The molecule has 2 rings (SSSR count). The summed E-state index contributed by atoms with van der Waals surface area (Å²) in [5, 5.41) is 0.682. The van der Waals surface area contributed by atoms with Crippen LogP contribution in [0.2, 0.25) is 5.02 Å². The molecule has 2 aromatic rings. The van der Waals surface area contributed by atoms with Gasteiger partial charge >= 0.3 is 0 Å². The van der Waals surface area contributed by atoms with E-state index in [0.29, 0.717) is 11.4 Å². The molecule has 104 valence electrons. The maximum Gasteiger partial charge on any atom is 0.130 e. The van der Waals surface area contributed by atoms with Crippen LogP contribution in [-0.2, 0) is 16.6 Å². The molecule has 0 fully saturated rings. The zero-order valence-corrected chi connectivity index (χ0v) is 12.4. The van der Waals surface area contributed by atoms with Crippen molar-refractivity contribution in [3.8, 4) is 5.75 Å². The molecule has 0 aliphatic rings. The summed E-state index contributed by atoms with van der Waals surface area (Å²) in [5.74, 6) is 0.752. The lowest BCUT2D eigenvalue weighted by atomic mass is 9.78. The molecule has 20 heavy (non-hydrogen) atoms. The Kier molecular flexibility index (Phi) is 4.46. The second kappa shape index (κ2) is 6.10. The molecule has 0 spiro atoms. The first-order valence-corrected chi connectivity index (χ1v) is 6.80. The average molecular weight is 289 g/mol. The summed E-state index contributed by atoms with van der Waals surface area (Å²) in [6.45, 7) is 1.93. The summed E-state index contributed by atoms with van der Waals surface area (Å²) >= 11 is 6.00. The average Bonchev–Trinajstić information content (AvgIpc) is 2.47. The van der Waals surface area contributed by atoms with Gasteiger partial charge in [-0.1, -0.05) is 35.9 Å². The zero-order valence-electron chi connectivity index (χ0n) is 11.6. The number of aldehydes is 1. The number of rotatable bonds is 5. The molecule has 0 saturated heterocycles. The number of ether oxygens (including phenoxy) is 1. The van der Waals surface area contributed by atoms with Crippen molar-refractivity contribution in [1.82, 2.24) is 0 Å². The Bertz CT molecular complexity index is 609. The molecule has 0 aliphatic heterocycles. The van der Waals surface area contributed by atoms with Crippen molar-refractivity contribution in [3.63, 3.8) is 0 Å². The number of carbonyl (C=O) groups is 1. The molecule has 2 aromatic carbocycles. The zero-order chi connectivity index (χ0) is 14.6. The van der Waals surface area contributed by atoms with E-state index in [2.05, 4.69) is 0 Å². The third kappa shape index (κ3) is 3.20. The van der Waals surface area contributed by atoms with Gasteiger partial charge in [-0.25, -0.2) is 0 Å². The minimum atomic E-state index is -0.598. The highest BCUT2D eigenvalue weighted by molar-refractivity contribution is 6.30. The van der Waals surface area contributed by atoms with Crippen LogP contribution in [-0.4, -0.2) is 13.4 Å².